The molecular formula is C39H68N4O. The second-order valence-electron chi connectivity index (χ2n) is 15.1. The summed E-state index contributed by atoms with van der Waals surface area (Å²) in [6.45, 7) is 9.81. The Morgan fingerprint density at radius 2 is 1.09 bits per heavy atom. The molecule has 5 nitrogen and oxygen atoms in total. The summed E-state index contributed by atoms with van der Waals surface area (Å²) in [5.41, 5.74) is 1.07. The van der Waals surface area contributed by atoms with Gasteiger partial charge in [-0.05, 0) is 123 Å². The normalized spacial score (nSPS) is 20.7. The standard InChI is InChI=1S/C39H68N4O/c1-5-6-7-8-9-10-11-12-13-17-26-39(35-20-27-40(2)28-21-35,36-22-29-41(3)30-23-36)38(44)43(33-34-18-15-14-16-19-34)37-24-31-42(4)32-25-37/h14-16,18-19,35-37H,5-13,17,20-33H2,1-4H3. The van der Waals surface area contributed by atoms with Gasteiger partial charge < -0.3 is 19.6 Å². The van der Waals surface area contributed by atoms with E-state index in [-0.39, 0.29) is 5.41 Å². The van der Waals surface area contributed by atoms with E-state index in [0.717, 1.165) is 65.1 Å². The zero-order chi connectivity index (χ0) is 31.2. The Hall–Kier alpha value is -1.43. The molecule has 0 atom stereocenters. The van der Waals surface area contributed by atoms with E-state index in [9.17, 15) is 0 Å². The van der Waals surface area contributed by atoms with E-state index in [4.69, 9.17) is 0 Å². The average Bonchev–Trinajstić information content (AvgIpc) is 3.04. The second kappa shape index (κ2) is 18.6. The van der Waals surface area contributed by atoms with Crippen LogP contribution in [0.3, 0.4) is 0 Å². The van der Waals surface area contributed by atoms with Crippen molar-refractivity contribution >= 4 is 5.91 Å². The number of benzene rings is 1. The molecule has 3 aliphatic heterocycles. The van der Waals surface area contributed by atoms with E-state index in [1.165, 1.54) is 95.5 Å². The highest BCUT2D eigenvalue weighted by Gasteiger charge is 2.53. The Morgan fingerprint density at radius 3 is 1.57 bits per heavy atom. The number of unbranched alkanes of at least 4 members (excludes halogenated alkanes) is 9. The molecule has 1 aromatic carbocycles. The summed E-state index contributed by atoms with van der Waals surface area (Å²) in [5, 5.41) is 0. The van der Waals surface area contributed by atoms with Crippen LogP contribution in [0.4, 0.5) is 0 Å². The molecule has 0 spiro atoms. The maximum absolute atomic E-state index is 15.7. The van der Waals surface area contributed by atoms with Gasteiger partial charge in [-0.25, -0.2) is 0 Å². The number of carbonyl (C=O) groups excluding carboxylic acids is 1. The molecule has 4 rings (SSSR count). The van der Waals surface area contributed by atoms with Crippen LogP contribution in [0.1, 0.15) is 122 Å². The first-order valence-electron chi connectivity index (χ1n) is 18.8. The SMILES string of the molecule is CCCCCCCCCCCCC(C(=O)N(Cc1ccccc1)C1CCN(C)CC1)(C1CCN(C)CC1)C1CCN(C)CC1. The van der Waals surface area contributed by atoms with Gasteiger partial charge in [-0.3, -0.25) is 4.79 Å². The van der Waals surface area contributed by atoms with E-state index < -0.39 is 0 Å². The quantitative estimate of drug-likeness (QED) is 0.167. The van der Waals surface area contributed by atoms with Crippen LogP contribution in [0.25, 0.3) is 0 Å². The lowest BCUT2D eigenvalue weighted by Gasteiger charge is -2.53. The molecule has 3 saturated heterocycles. The molecule has 3 fully saturated rings. The Morgan fingerprint density at radius 1 is 0.659 bits per heavy atom. The summed E-state index contributed by atoms with van der Waals surface area (Å²) < 4.78 is 0. The monoisotopic (exact) mass is 609 g/mol. The fourth-order valence-corrected chi connectivity index (χ4v) is 8.87. The van der Waals surface area contributed by atoms with Crippen LogP contribution >= 0.6 is 0 Å². The van der Waals surface area contributed by atoms with E-state index in [2.05, 4.69) is 78.0 Å². The van der Waals surface area contributed by atoms with Crippen LogP contribution in [0.5, 0.6) is 0 Å². The molecule has 0 unspecified atom stereocenters. The maximum Gasteiger partial charge on any atom is 0.229 e. The molecule has 1 amide bonds. The highest BCUT2D eigenvalue weighted by atomic mass is 16.2. The average molecular weight is 609 g/mol. The van der Waals surface area contributed by atoms with Crippen molar-refractivity contribution in [1.29, 1.82) is 0 Å². The van der Waals surface area contributed by atoms with Crippen molar-refractivity contribution in [2.24, 2.45) is 17.3 Å². The maximum atomic E-state index is 15.7. The molecule has 0 N–H and O–H groups in total. The Balaban J connectivity index is 1.57. The number of likely N-dealkylation sites (tertiary alicyclic amines) is 3. The minimum absolute atomic E-state index is 0.221. The molecule has 0 saturated carbocycles. The van der Waals surface area contributed by atoms with E-state index in [1.54, 1.807) is 0 Å². The lowest BCUT2D eigenvalue weighted by atomic mass is 9.57. The first-order valence-corrected chi connectivity index (χ1v) is 18.8. The van der Waals surface area contributed by atoms with Gasteiger partial charge in [0.05, 0.1) is 5.41 Å². The second-order valence-corrected chi connectivity index (χ2v) is 15.1. The first-order chi connectivity index (χ1) is 21.4. The van der Waals surface area contributed by atoms with Crippen LogP contribution in [0.15, 0.2) is 30.3 Å². The third-order valence-corrected chi connectivity index (χ3v) is 11.8. The van der Waals surface area contributed by atoms with Crippen molar-refractivity contribution in [2.75, 3.05) is 60.4 Å². The fraction of sp³-hybridized carbons (Fsp3) is 0.821. The molecule has 3 aliphatic rings. The Bertz CT molecular complexity index is 891. The van der Waals surface area contributed by atoms with Crippen LogP contribution in [0.2, 0.25) is 0 Å². The fourth-order valence-electron chi connectivity index (χ4n) is 8.87. The third-order valence-electron chi connectivity index (χ3n) is 11.8. The summed E-state index contributed by atoms with van der Waals surface area (Å²) >= 11 is 0. The van der Waals surface area contributed by atoms with Crippen molar-refractivity contribution in [2.45, 2.75) is 129 Å². The highest BCUT2D eigenvalue weighted by Crippen LogP contribution is 2.51. The molecule has 44 heavy (non-hydrogen) atoms. The molecule has 3 heterocycles. The van der Waals surface area contributed by atoms with Crippen LogP contribution in [-0.4, -0.2) is 92.0 Å². The van der Waals surface area contributed by atoms with Gasteiger partial charge in [0.25, 0.3) is 0 Å². The van der Waals surface area contributed by atoms with Gasteiger partial charge in [0.2, 0.25) is 5.91 Å². The van der Waals surface area contributed by atoms with Gasteiger partial charge in [0.15, 0.2) is 0 Å². The van der Waals surface area contributed by atoms with Gasteiger partial charge >= 0.3 is 0 Å². The van der Waals surface area contributed by atoms with Crippen molar-refractivity contribution in [3.8, 4) is 0 Å². The van der Waals surface area contributed by atoms with Crippen molar-refractivity contribution < 1.29 is 4.79 Å². The summed E-state index contributed by atoms with van der Waals surface area (Å²) in [4.78, 5) is 25.6. The molecule has 0 aromatic heterocycles. The number of piperidine rings is 3. The van der Waals surface area contributed by atoms with Gasteiger partial charge in [-0.1, -0.05) is 101 Å². The molecule has 0 aliphatic carbocycles. The molecular weight excluding hydrogens is 540 g/mol. The van der Waals surface area contributed by atoms with E-state index in [1.807, 2.05) is 0 Å². The van der Waals surface area contributed by atoms with Gasteiger partial charge in [0, 0.05) is 12.6 Å². The summed E-state index contributed by atoms with van der Waals surface area (Å²) in [6.07, 6.45) is 21.6. The lowest BCUT2D eigenvalue weighted by molar-refractivity contribution is -0.160. The number of amides is 1. The molecule has 0 bridgehead atoms. The minimum atomic E-state index is -0.221. The predicted octanol–water partition coefficient (Wildman–Crippen LogP) is 8.09. The van der Waals surface area contributed by atoms with Crippen LogP contribution in [0, 0.1) is 17.3 Å². The highest BCUT2D eigenvalue weighted by molar-refractivity contribution is 5.84. The number of nitrogens with zero attached hydrogens (tertiary/aromatic N) is 4. The summed E-state index contributed by atoms with van der Waals surface area (Å²) in [6, 6.07) is 11.2. The Labute approximate surface area is 272 Å². The van der Waals surface area contributed by atoms with Crippen LogP contribution < -0.4 is 0 Å². The van der Waals surface area contributed by atoms with Crippen molar-refractivity contribution in [3.63, 3.8) is 0 Å². The molecule has 250 valence electrons. The van der Waals surface area contributed by atoms with Gasteiger partial charge in [0.1, 0.15) is 0 Å². The summed E-state index contributed by atoms with van der Waals surface area (Å²) in [5.74, 6) is 1.54. The third kappa shape index (κ3) is 10.0. The van der Waals surface area contributed by atoms with E-state index >= 15 is 4.79 Å². The lowest BCUT2D eigenvalue weighted by Crippen LogP contribution is -2.58. The predicted molar refractivity (Wildman–Crippen MR) is 187 cm³/mol. The zero-order valence-electron chi connectivity index (χ0n) is 29.3. The number of hydrogen-bond donors (Lipinski definition) is 0. The minimum Gasteiger partial charge on any atom is -0.335 e. The van der Waals surface area contributed by atoms with Gasteiger partial charge in [-0.15, -0.1) is 0 Å². The number of carbonyl (C=O) groups is 1. The largest absolute Gasteiger partial charge is 0.335 e. The van der Waals surface area contributed by atoms with Crippen LogP contribution in [-0.2, 0) is 11.3 Å². The van der Waals surface area contributed by atoms with Crippen molar-refractivity contribution in [1.82, 2.24) is 19.6 Å². The molecule has 5 heteroatoms. The first kappa shape index (κ1) is 35.4. The number of hydrogen-bond acceptors (Lipinski definition) is 4. The summed E-state index contributed by atoms with van der Waals surface area (Å²) in [7, 11) is 6.79. The zero-order valence-corrected chi connectivity index (χ0v) is 29.3. The van der Waals surface area contributed by atoms with Crippen molar-refractivity contribution in [3.05, 3.63) is 35.9 Å². The molecule has 1 aromatic rings. The van der Waals surface area contributed by atoms with Gasteiger partial charge in [-0.2, -0.15) is 0 Å². The smallest absolute Gasteiger partial charge is 0.229 e. The molecule has 0 radical (unpaired) electrons. The van der Waals surface area contributed by atoms with E-state index in [0.29, 0.717) is 23.8 Å². The topological polar surface area (TPSA) is 30.0 Å². The number of rotatable bonds is 17. The Kier molecular flexibility index (Phi) is 15.0.